The third kappa shape index (κ3) is 3.99. The Bertz CT molecular complexity index is 747. The van der Waals surface area contributed by atoms with Crippen LogP contribution in [0.4, 0.5) is 0 Å². The molecule has 0 spiro atoms. The van der Waals surface area contributed by atoms with Gasteiger partial charge < -0.3 is 14.6 Å². The minimum Gasteiger partial charge on any atom is -0.507 e. The predicted molar refractivity (Wildman–Crippen MR) is 106 cm³/mol. The van der Waals surface area contributed by atoms with E-state index in [4.69, 9.17) is 9.47 Å². The molecule has 0 bridgehead atoms. The summed E-state index contributed by atoms with van der Waals surface area (Å²) in [5, 5.41) is 10.8. The molecule has 2 aliphatic rings. The highest BCUT2D eigenvalue weighted by Gasteiger charge is 2.47. The van der Waals surface area contributed by atoms with Crippen molar-refractivity contribution in [2.45, 2.75) is 84.3 Å². The van der Waals surface area contributed by atoms with E-state index >= 15 is 0 Å². The highest BCUT2D eigenvalue weighted by molar-refractivity contribution is 5.66. The number of aryl methyl sites for hydroxylation is 1. The van der Waals surface area contributed by atoms with E-state index < -0.39 is 5.60 Å². The van der Waals surface area contributed by atoms with E-state index in [1.165, 1.54) is 19.8 Å². The average molecular weight is 373 g/mol. The van der Waals surface area contributed by atoms with Gasteiger partial charge in [0.05, 0.1) is 0 Å². The second kappa shape index (κ2) is 7.57. The van der Waals surface area contributed by atoms with E-state index in [1.807, 2.05) is 13.0 Å². The summed E-state index contributed by atoms with van der Waals surface area (Å²) in [6.45, 7) is 9.82. The zero-order valence-corrected chi connectivity index (χ0v) is 17.2. The summed E-state index contributed by atoms with van der Waals surface area (Å²) in [6.07, 6.45) is 7.08. The van der Waals surface area contributed by atoms with Crippen molar-refractivity contribution in [2.24, 2.45) is 5.92 Å². The molecule has 0 amide bonds. The highest BCUT2D eigenvalue weighted by atomic mass is 16.5. The van der Waals surface area contributed by atoms with Gasteiger partial charge in [-0.25, -0.2) is 0 Å². The van der Waals surface area contributed by atoms with Gasteiger partial charge in [-0.3, -0.25) is 4.79 Å². The van der Waals surface area contributed by atoms with Crippen LogP contribution in [0.2, 0.25) is 0 Å². The maximum atomic E-state index is 11.5. The van der Waals surface area contributed by atoms with E-state index in [-0.39, 0.29) is 23.9 Å². The molecule has 0 saturated heterocycles. The Balaban J connectivity index is 1.97. The number of hydrogen-bond acceptors (Lipinski definition) is 4. The van der Waals surface area contributed by atoms with E-state index in [0.29, 0.717) is 12.2 Å². The van der Waals surface area contributed by atoms with Crippen molar-refractivity contribution in [2.75, 3.05) is 0 Å². The number of carbonyl (C=O) groups excluding carboxylic acids is 1. The van der Waals surface area contributed by atoms with Crippen LogP contribution in [0.5, 0.6) is 11.5 Å². The van der Waals surface area contributed by atoms with Crippen LogP contribution in [-0.4, -0.2) is 22.8 Å². The van der Waals surface area contributed by atoms with Crippen LogP contribution < -0.4 is 4.74 Å². The van der Waals surface area contributed by atoms with E-state index in [2.05, 4.69) is 32.9 Å². The molecule has 1 aliphatic carbocycles. The number of carbonyl (C=O) groups is 1. The first-order valence-electron chi connectivity index (χ1n) is 10.1. The molecule has 1 N–H and O–H groups in total. The number of phenolic OH excluding ortho intramolecular Hbond substituents is 1. The van der Waals surface area contributed by atoms with Gasteiger partial charge >= 0.3 is 5.97 Å². The summed E-state index contributed by atoms with van der Waals surface area (Å²) < 4.78 is 11.9. The number of unbranched alkanes of at least 4 members (excludes halogenated alkanes) is 2. The zero-order chi connectivity index (χ0) is 19.8. The molecule has 0 saturated carbocycles. The molecule has 4 heteroatoms. The predicted octanol–water partition coefficient (Wildman–Crippen LogP) is 5.28. The number of benzene rings is 1. The van der Waals surface area contributed by atoms with Crippen LogP contribution in [0.3, 0.4) is 0 Å². The van der Waals surface area contributed by atoms with Crippen molar-refractivity contribution in [1.82, 2.24) is 0 Å². The standard InChI is InChI=1S/C23H32O4/c1-6-7-8-9-16-11-19(25)22-17-10-14(2)20(26-15(3)24)13-18(17)23(4,5)27-21(22)12-16/h10-12,17-18,20,25H,6-9,13H2,1-5H3/t17-,18-,20-/m1/s1. The Kier molecular flexibility index (Phi) is 5.55. The lowest BCUT2D eigenvalue weighted by Crippen LogP contribution is -2.47. The molecule has 1 aliphatic heterocycles. The van der Waals surface area contributed by atoms with E-state index in [1.54, 1.807) is 0 Å². The van der Waals surface area contributed by atoms with Crippen molar-refractivity contribution < 1.29 is 19.4 Å². The zero-order valence-electron chi connectivity index (χ0n) is 17.2. The van der Waals surface area contributed by atoms with Crippen molar-refractivity contribution in [3.05, 3.63) is 34.9 Å². The second-order valence-electron chi connectivity index (χ2n) is 8.57. The van der Waals surface area contributed by atoms with Crippen LogP contribution in [0.1, 0.15) is 77.3 Å². The number of allylic oxidation sites excluding steroid dienone is 1. The molecule has 1 heterocycles. The molecule has 27 heavy (non-hydrogen) atoms. The smallest absolute Gasteiger partial charge is 0.303 e. The molecular weight excluding hydrogens is 340 g/mol. The number of rotatable bonds is 5. The van der Waals surface area contributed by atoms with Crippen molar-refractivity contribution in [3.8, 4) is 11.5 Å². The van der Waals surface area contributed by atoms with Gasteiger partial charge in [-0.1, -0.05) is 25.8 Å². The first-order chi connectivity index (χ1) is 12.7. The molecular formula is C23H32O4. The van der Waals surface area contributed by atoms with Gasteiger partial charge in [-0.05, 0) is 63.3 Å². The lowest BCUT2D eigenvalue weighted by Gasteiger charge is -2.47. The lowest BCUT2D eigenvalue weighted by molar-refractivity contribution is -0.147. The molecule has 0 fully saturated rings. The largest absolute Gasteiger partial charge is 0.507 e. The summed E-state index contributed by atoms with van der Waals surface area (Å²) in [5.41, 5.74) is 2.64. The average Bonchev–Trinajstić information content (AvgIpc) is 2.55. The molecule has 1 aromatic carbocycles. The molecule has 4 nitrogen and oxygen atoms in total. The number of phenols is 1. The fourth-order valence-electron chi connectivity index (χ4n) is 4.58. The number of hydrogen-bond donors (Lipinski definition) is 1. The molecule has 0 aromatic heterocycles. The maximum Gasteiger partial charge on any atom is 0.303 e. The second-order valence-corrected chi connectivity index (χ2v) is 8.57. The first-order valence-corrected chi connectivity index (χ1v) is 10.1. The molecule has 3 rings (SSSR count). The Morgan fingerprint density at radius 3 is 2.74 bits per heavy atom. The summed E-state index contributed by atoms with van der Waals surface area (Å²) in [5.74, 6) is 1.05. The number of aromatic hydroxyl groups is 1. The Hall–Kier alpha value is -1.97. The number of esters is 1. The minimum atomic E-state index is -0.401. The molecule has 1 aromatic rings. The van der Waals surface area contributed by atoms with Crippen molar-refractivity contribution >= 4 is 5.97 Å². The van der Waals surface area contributed by atoms with E-state index in [9.17, 15) is 9.90 Å². The topological polar surface area (TPSA) is 55.8 Å². The van der Waals surface area contributed by atoms with Crippen LogP contribution in [0, 0.1) is 5.92 Å². The Morgan fingerprint density at radius 1 is 1.33 bits per heavy atom. The molecule has 0 radical (unpaired) electrons. The SMILES string of the molecule is CCCCCc1cc(O)c2c(c1)OC(C)(C)[C@@H]1C[C@@H](OC(C)=O)C(C)=C[C@@H]21. The highest BCUT2D eigenvalue weighted by Crippen LogP contribution is 2.53. The fraction of sp³-hybridized carbons (Fsp3) is 0.609. The fourth-order valence-corrected chi connectivity index (χ4v) is 4.58. The number of fused-ring (bicyclic) bond motifs is 3. The van der Waals surface area contributed by atoms with Crippen LogP contribution >= 0.6 is 0 Å². The van der Waals surface area contributed by atoms with Crippen LogP contribution in [0.25, 0.3) is 0 Å². The number of ether oxygens (including phenoxy) is 2. The van der Waals surface area contributed by atoms with E-state index in [0.717, 1.165) is 35.3 Å². The quantitative estimate of drug-likeness (QED) is 0.434. The lowest BCUT2D eigenvalue weighted by atomic mass is 9.67. The minimum absolute atomic E-state index is 0.0697. The molecule has 3 atom stereocenters. The molecule has 0 unspecified atom stereocenters. The Morgan fingerprint density at radius 2 is 2.07 bits per heavy atom. The van der Waals surface area contributed by atoms with Gasteiger partial charge in [-0.15, -0.1) is 0 Å². The third-order valence-corrected chi connectivity index (χ3v) is 6.01. The van der Waals surface area contributed by atoms with Crippen LogP contribution in [-0.2, 0) is 16.0 Å². The maximum absolute atomic E-state index is 11.5. The summed E-state index contributed by atoms with van der Waals surface area (Å²) in [7, 11) is 0. The van der Waals surface area contributed by atoms with Gasteiger partial charge in [0.1, 0.15) is 23.2 Å². The monoisotopic (exact) mass is 372 g/mol. The van der Waals surface area contributed by atoms with Crippen molar-refractivity contribution in [3.63, 3.8) is 0 Å². The summed E-state index contributed by atoms with van der Waals surface area (Å²) in [6, 6.07) is 4.00. The first kappa shape index (κ1) is 19.8. The Labute approximate surface area is 162 Å². The third-order valence-electron chi connectivity index (χ3n) is 6.01. The summed E-state index contributed by atoms with van der Waals surface area (Å²) >= 11 is 0. The van der Waals surface area contributed by atoms with Gasteiger partial charge in [0, 0.05) is 24.3 Å². The van der Waals surface area contributed by atoms with Gasteiger partial charge in [0.15, 0.2) is 0 Å². The summed E-state index contributed by atoms with van der Waals surface area (Å²) in [4.78, 5) is 11.5. The normalized spacial score (nSPS) is 25.7. The van der Waals surface area contributed by atoms with Crippen molar-refractivity contribution in [1.29, 1.82) is 0 Å². The van der Waals surface area contributed by atoms with Crippen LogP contribution in [0.15, 0.2) is 23.8 Å². The molecule has 148 valence electrons. The van der Waals surface area contributed by atoms with Gasteiger partial charge in [0.25, 0.3) is 0 Å². The van der Waals surface area contributed by atoms with Gasteiger partial charge in [-0.2, -0.15) is 0 Å². The van der Waals surface area contributed by atoms with Gasteiger partial charge in [0.2, 0.25) is 0 Å².